The van der Waals surface area contributed by atoms with Crippen molar-refractivity contribution in [1.29, 1.82) is 0 Å². The average Bonchev–Trinajstić information content (AvgIpc) is 3.45. The smallest absolute Gasteiger partial charge is 0.255 e. The lowest BCUT2D eigenvalue weighted by Gasteiger charge is -2.03. The number of ether oxygens (including phenoxy) is 1. The van der Waals surface area contributed by atoms with Gasteiger partial charge < -0.3 is 14.6 Å². The summed E-state index contributed by atoms with van der Waals surface area (Å²) in [6, 6.07) is 17.6. The minimum atomic E-state index is -0.270. The van der Waals surface area contributed by atoms with E-state index >= 15 is 0 Å². The second-order valence-corrected chi connectivity index (χ2v) is 6.96. The van der Waals surface area contributed by atoms with E-state index in [1.54, 1.807) is 10.9 Å². The lowest BCUT2D eigenvalue weighted by Crippen LogP contribution is -2.23. The number of carbonyl (C=O) groups excluding carboxylic acids is 1. The molecule has 2 heterocycles. The van der Waals surface area contributed by atoms with Crippen molar-refractivity contribution in [2.45, 2.75) is 27.0 Å². The van der Waals surface area contributed by atoms with Gasteiger partial charge in [0.2, 0.25) is 0 Å². The molecular weight excluding hydrogens is 394 g/mol. The first-order valence-electron chi connectivity index (χ1n) is 10.0. The predicted octanol–water partition coefficient (Wildman–Crippen LogP) is 3.70. The van der Waals surface area contributed by atoms with Crippen LogP contribution in [-0.2, 0) is 17.9 Å². The summed E-state index contributed by atoms with van der Waals surface area (Å²) >= 11 is 0. The lowest BCUT2D eigenvalue weighted by molar-refractivity contribution is 0.0950. The number of aryl methyl sites for hydroxylation is 1. The molecule has 31 heavy (non-hydrogen) atoms. The van der Waals surface area contributed by atoms with Crippen molar-refractivity contribution in [1.82, 2.24) is 25.2 Å². The topological polar surface area (TPSA) is 95.1 Å². The highest BCUT2D eigenvalue weighted by molar-refractivity contribution is 5.99. The first-order chi connectivity index (χ1) is 15.1. The molecule has 0 aliphatic rings. The van der Waals surface area contributed by atoms with Gasteiger partial charge >= 0.3 is 0 Å². The molecule has 1 N–H and O–H groups in total. The van der Waals surface area contributed by atoms with Crippen molar-refractivity contribution in [2.24, 2.45) is 0 Å². The van der Waals surface area contributed by atoms with Gasteiger partial charge in [-0.1, -0.05) is 53.2 Å². The third-order valence-electron chi connectivity index (χ3n) is 4.65. The van der Waals surface area contributed by atoms with Crippen molar-refractivity contribution >= 4 is 5.91 Å². The van der Waals surface area contributed by atoms with E-state index in [4.69, 9.17) is 9.26 Å². The fourth-order valence-electron chi connectivity index (χ4n) is 3.04. The predicted molar refractivity (Wildman–Crippen MR) is 115 cm³/mol. The molecule has 0 spiro atoms. The molecule has 1 amide bonds. The van der Waals surface area contributed by atoms with E-state index in [1.165, 1.54) is 0 Å². The zero-order chi connectivity index (χ0) is 21.6. The second kappa shape index (κ2) is 9.36. The molecule has 0 aliphatic heterocycles. The minimum absolute atomic E-state index is 0.137. The normalized spacial score (nSPS) is 10.9. The highest BCUT2D eigenvalue weighted by atomic mass is 16.5. The van der Waals surface area contributed by atoms with Crippen LogP contribution >= 0.6 is 0 Å². The van der Waals surface area contributed by atoms with Crippen molar-refractivity contribution in [3.05, 3.63) is 83.6 Å². The minimum Gasteiger partial charge on any atom is -0.372 e. The first kappa shape index (κ1) is 20.5. The van der Waals surface area contributed by atoms with E-state index in [9.17, 15) is 4.79 Å². The van der Waals surface area contributed by atoms with E-state index < -0.39 is 0 Å². The highest BCUT2D eigenvalue weighted by Crippen LogP contribution is 2.24. The second-order valence-electron chi connectivity index (χ2n) is 6.96. The molecule has 2 aromatic carbocycles. The number of benzene rings is 2. The standard InChI is InChI=1S/C23H23N5O3/c1-3-30-15-21-25-20(27-31-21)13-24-23(29)19-14-28(18-11-9-16(2)10-12-18)26-22(19)17-7-5-4-6-8-17/h4-12,14H,3,13,15H2,1-2H3,(H,24,29). The lowest BCUT2D eigenvalue weighted by atomic mass is 10.1. The van der Waals surface area contributed by atoms with Gasteiger partial charge in [-0.15, -0.1) is 0 Å². The Hall–Kier alpha value is -3.78. The fraction of sp³-hybridized carbons (Fsp3) is 0.217. The summed E-state index contributed by atoms with van der Waals surface area (Å²) in [6.07, 6.45) is 1.74. The Morgan fingerprint density at radius 2 is 1.90 bits per heavy atom. The number of hydrogen-bond acceptors (Lipinski definition) is 6. The van der Waals surface area contributed by atoms with Gasteiger partial charge in [0.05, 0.1) is 17.8 Å². The van der Waals surface area contributed by atoms with Crippen LogP contribution in [0.5, 0.6) is 0 Å². The summed E-state index contributed by atoms with van der Waals surface area (Å²) < 4.78 is 12.1. The van der Waals surface area contributed by atoms with Gasteiger partial charge in [0.1, 0.15) is 12.3 Å². The molecule has 0 aliphatic carbocycles. The zero-order valence-corrected chi connectivity index (χ0v) is 17.4. The summed E-state index contributed by atoms with van der Waals surface area (Å²) in [5.74, 6) is 0.492. The van der Waals surface area contributed by atoms with Crippen LogP contribution in [0.2, 0.25) is 0 Å². The van der Waals surface area contributed by atoms with Crippen LogP contribution in [-0.4, -0.2) is 32.4 Å². The first-order valence-corrected chi connectivity index (χ1v) is 10.0. The van der Waals surface area contributed by atoms with Gasteiger partial charge in [-0.25, -0.2) is 4.68 Å². The van der Waals surface area contributed by atoms with Crippen LogP contribution in [0.1, 0.15) is 34.6 Å². The van der Waals surface area contributed by atoms with Crippen LogP contribution in [0, 0.1) is 6.92 Å². The average molecular weight is 417 g/mol. The number of hydrogen-bond donors (Lipinski definition) is 1. The molecule has 8 nitrogen and oxygen atoms in total. The molecule has 0 fully saturated rings. The number of nitrogens with one attached hydrogen (secondary N) is 1. The Morgan fingerprint density at radius 3 is 2.65 bits per heavy atom. The number of nitrogens with zero attached hydrogens (tertiary/aromatic N) is 4. The van der Waals surface area contributed by atoms with Crippen LogP contribution in [0.3, 0.4) is 0 Å². The Bertz CT molecular complexity index is 1150. The van der Waals surface area contributed by atoms with Gasteiger partial charge in [0.15, 0.2) is 5.82 Å². The van der Waals surface area contributed by atoms with Crippen LogP contribution < -0.4 is 5.32 Å². The molecule has 0 saturated carbocycles. The molecule has 0 atom stereocenters. The van der Waals surface area contributed by atoms with E-state index in [0.29, 0.717) is 29.6 Å². The number of aromatic nitrogens is 4. The van der Waals surface area contributed by atoms with Crippen LogP contribution in [0.4, 0.5) is 0 Å². The molecule has 4 rings (SSSR count). The number of rotatable bonds is 8. The molecule has 0 bridgehead atoms. The molecule has 4 aromatic rings. The van der Waals surface area contributed by atoms with E-state index in [0.717, 1.165) is 16.8 Å². The Morgan fingerprint density at radius 1 is 1.13 bits per heavy atom. The molecule has 0 unspecified atom stereocenters. The van der Waals surface area contributed by atoms with Gasteiger partial charge in [-0.2, -0.15) is 10.1 Å². The number of carbonyl (C=O) groups is 1. The van der Waals surface area contributed by atoms with Gasteiger partial charge in [0.25, 0.3) is 11.8 Å². The summed E-state index contributed by atoms with van der Waals surface area (Å²) in [5, 5.41) is 11.4. The van der Waals surface area contributed by atoms with Gasteiger partial charge in [0, 0.05) is 18.4 Å². The Kier molecular flexibility index (Phi) is 6.18. The zero-order valence-electron chi connectivity index (χ0n) is 17.4. The fourth-order valence-corrected chi connectivity index (χ4v) is 3.04. The molecular formula is C23H23N5O3. The van der Waals surface area contributed by atoms with E-state index in [2.05, 4.69) is 20.6 Å². The third-order valence-corrected chi connectivity index (χ3v) is 4.65. The molecule has 0 radical (unpaired) electrons. The van der Waals surface area contributed by atoms with Crippen LogP contribution in [0.15, 0.2) is 65.3 Å². The van der Waals surface area contributed by atoms with Gasteiger partial charge in [-0.05, 0) is 26.0 Å². The molecule has 0 saturated heterocycles. The van der Waals surface area contributed by atoms with Gasteiger partial charge in [-0.3, -0.25) is 4.79 Å². The monoisotopic (exact) mass is 417 g/mol. The van der Waals surface area contributed by atoms with Crippen molar-refractivity contribution in [3.63, 3.8) is 0 Å². The summed E-state index contributed by atoms with van der Waals surface area (Å²) in [5.41, 5.74) is 3.95. The largest absolute Gasteiger partial charge is 0.372 e. The maximum absolute atomic E-state index is 13.0. The van der Waals surface area contributed by atoms with Crippen LogP contribution in [0.25, 0.3) is 16.9 Å². The molecule has 8 heteroatoms. The Balaban J connectivity index is 1.57. The highest BCUT2D eigenvalue weighted by Gasteiger charge is 2.19. The van der Waals surface area contributed by atoms with Crippen molar-refractivity contribution in [2.75, 3.05) is 6.61 Å². The third kappa shape index (κ3) is 4.87. The summed E-state index contributed by atoms with van der Waals surface area (Å²) in [4.78, 5) is 17.2. The summed E-state index contributed by atoms with van der Waals surface area (Å²) in [7, 11) is 0. The quantitative estimate of drug-likeness (QED) is 0.470. The number of amides is 1. The SMILES string of the molecule is CCOCc1nc(CNC(=O)c2cn(-c3ccc(C)cc3)nc2-c2ccccc2)no1. The Labute approximate surface area is 179 Å². The molecule has 158 valence electrons. The summed E-state index contributed by atoms with van der Waals surface area (Å²) in [6.45, 7) is 4.86. The maximum Gasteiger partial charge on any atom is 0.255 e. The van der Waals surface area contributed by atoms with E-state index in [-0.39, 0.29) is 19.1 Å². The molecule has 2 aromatic heterocycles. The van der Waals surface area contributed by atoms with Crippen molar-refractivity contribution < 1.29 is 14.1 Å². The maximum atomic E-state index is 13.0. The van der Waals surface area contributed by atoms with Crippen molar-refractivity contribution in [3.8, 4) is 16.9 Å². The van der Waals surface area contributed by atoms with E-state index in [1.807, 2.05) is 68.4 Å².